The molecule has 2 aromatic rings. The van der Waals surface area contributed by atoms with Crippen LogP contribution in [0.3, 0.4) is 0 Å². The van der Waals surface area contributed by atoms with Crippen molar-refractivity contribution in [2.75, 3.05) is 0 Å². The molecule has 2 rings (SSSR count). The molecular formula is C14H12FO. The maximum Gasteiger partial charge on any atom is 0.123 e. The van der Waals surface area contributed by atoms with Crippen LogP contribution in [0.2, 0.25) is 0 Å². The van der Waals surface area contributed by atoms with Crippen LogP contribution in [0.1, 0.15) is 11.1 Å². The fourth-order valence-corrected chi connectivity index (χ4v) is 1.38. The molecule has 0 saturated heterocycles. The van der Waals surface area contributed by atoms with Gasteiger partial charge in [-0.15, -0.1) is 0 Å². The van der Waals surface area contributed by atoms with Crippen LogP contribution in [0.25, 0.3) is 0 Å². The number of ether oxygens (including phenoxy) is 1. The van der Waals surface area contributed by atoms with Gasteiger partial charge >= 0.3 is 0 Å². The molecule has 0 spiro atoms. The molecule has 0 fully saturated rings. The third kappa shape index (κ3) is 2.83. The van der Waals surface area contributed by atoms with E-state index < -0.39 is 0 Å². The summed E-state index contributed by atoms with van der Waals surface area (Å²) in [6, 6.07) is 13.8. The largest absolute Gasteiger partial charge is 0.489 e. The summed E-state index contributed by atoms with van der Waals surface area (Å²) in [4.78, 5) is 0. The average Bonchev–Trinajstić information content (AvgIpc) is 2.28. The lowest BCUT2D eigenvalue weighted by Crippen LogP contribution is -1.95. The molecule has 0 aliphatic heterocycles. The van der Waals surface area contributed by atoms with E-state index in [0.717, 1.165) is 16.9 Å². The lowest BCUT2D eigenvalue weighted by molar-refractivity contribution is 0.305. The summed E-state index contributed by atoms with van der Waals surface area (Å²) < 4.78 is 18.4. The van der Waals surface area contributed by atoms with Crippen LogP contribution in [0, 0.1) is 12.7 Å². The van der Waals surface area contributed by atoms with Gasteiger partial charge in [0.15, 0.2) is 0 Å². The van der Waals surface area contributed by atoms with Crippen LogP contribution < -0.4 is 4.74 Å². The van der Waals surface area contributed by atoms with Crippen molar-refractivity contribution in [3.05, 3.63) is 72.4 Å². The molecule has 0 aliphatic rings. The monoisotopic (exact) mass is 215 g/mol. The molecule has 0 aliphatic carbocycles. The zero-order valence-corrected chi connectivity index (χ0v) is 8.82. The molecule has 0 bridgehead atoms. The van der Waals surface area contributed by atoms with Gasteiger partial charge in [0, 0.05) is 0 Å². The first-order chi connectivity index (χ1) is 7.74. The molecule has 16 heavy (non-hydrogen) atoms. The Balaban J connectivity index is 1.99. The van der Waals surface area contributed by atoms with E-state index in [2.05, 4.69) is 6.92 Å². The highest BCUT2D eigenvalue weighted by molar-refractivity contribution is 5.29. The number of halogens is 1. The van der Waals surface area contributed by atoms with Gasteiger partial charge in [0.05, 0.1) is 0 Å². The molecule has 1 radical (unpaired) electrons. The second-order valence-electron chi connectivity index (χ2n) is 3.56. The van der Waals surface area contributed by atoms with Crippen LogP contribution in [-0.2, 0) is 6.61 Å². The fourth-order valence-electron chi connectivity index (χ4n) is 1.38. The Labute approximate surface area is 94.5 Å². The minimum atomic E-state index is -0.241. The molecule has 81 valence electrons. The van der Waals surface area contributed by atoms with Gasteiger partial charge in [-0.3, -0.25) is 0 Å². The van der Waals surface area contributed by atoms with Crippen molar-refractivity contribution in [1.29, 1.82) is 0 Å². The van der Waals surface area contributed by atoms with Crippen molar-refractivity contribution in [3.63, 3.8) is 0 Å². The zero-order chi connectivity index (χ0) is 11.4. The third-order valence-corrected chi connectivity index (χ3v) is 2.22. The summed E-state index contributed by atoms with van der Waals surface area (Å²) in [5, 5.41) is 0. The molecule has 0 unspecified atom stereocenters. The van der Waals surface area contributed by atoms with Gasteiger partial charge in [-0.2, -0.15) is 0 Å². The summed E-state index contributed by atoms with van der Waals surface area (Å²) in [5.74, 6) is 0.519. The van der Waals surface area contributed by atoms with Crippen molar-refractivity contribution in [2.24, 2.45) is 0 Å². The molecule has 2 aromatic carbocycles. The molecule has 0 N–H and O–H groups in total. The maximum atomic E-state index is 12.9. The van der Waals surface area contributed by atoms with Gasteiger partial charge < -0.3 is 4.74 Å². The highest BCUT2D eigenvalue weighted by Gasteiger charge is 1.97. The van der Waals surface area contributed by atoms with Crippen molar-refractivity contribution < 1.29 is 9.13 Å². The number of hydrogen-bond donors (Lipinski definition) is 0. The van der Waals surface area contributed by atoms with Crippen LogP contribution >= 0.6 is 0 Å². The molecule has 2 heteroatoms. The van der Waals surface area contributed by atoms with E-state index in [0.29, 0.717) is 6.61 Å². The first-order valence-corrected chi connectivity index (χ1v) is 5.03. The Bertz CT molecular complexity index is 462. The summed E-state index contributed by atoms with van der Waals surface area (Å²) in [7, 11) is 0. The molecule has 0 aromatic heterocycles. The molecule has 0 amide bonds. The molecule has 1 nitrogen and oxygen atoms in total. The first-order valence-electron chi connectivity index (χ1n) is 5.03. The highest BCUT2D eigenvalue weighted by Crippen LogP contribution is 2.14. The first kappa shape index (κ1) is 10.7. The second kappa shape index (κ2) is 4.79. The van der Waals surface area contributed by atoms with Crippen molar-refractivity contribution in [2.45, 2.75) is 6.61 Å². The molecule has 0 atom stereocenters. The Morgan fingerprint density at radius 2 is 1.81 bits per heavy atom. The van der Waals surface area contributed by atoms with Crippen LogP contribution in [0.5, 0.6) is 5.75 Å². The average molecular weight is 215 g/mol. The summed E-state index contributed by atoms with van der Waals surface area (Å²) in [5.41, 5.74) is 1.76. The second-order valence-corrected chi connectivity index (χ2v) is 3.56. The van der Waals surface area contributed by atoms with Gasteiger partial charge in [0.2, 0.25) is 0 Å². The van der Waals surface area contributed by atoms with Crippen molar-refractivity contribution in [1.82, 2.24) is 0 Å². The smallest absolute Gasteiger partial charge is 0.123 e. The van der Waals surface area contributed by atoms with Gasteiger partial charge in [0.1, 0.15) is 18.2 Å². The van der Waals surface area contributed by atoms with E-state index in [-0.39, 0.29) is 5.82 Å². The van der Waals surface area contributed by atoms with E-state index in [4.69, 9.17) is 4.74 Å². The maximum absolute atomic E-state index is 12.9. The number of rotatable bonds is 3. The van der Waals surface area contributed by atoms with Gasteiger partial charge in [-0.05, 0) is 42.3 Å². The van der Waals surface area contributed by atoms with Crippen LogP contribution in [0.15, 0.2) is 48.5 Å². The Hall–Kier alpha value is -1.83. The van der Waals surface area contributed by atoms with Crippen LogP contribution in [0.4, 0.5) is 4.39 Å². The standard InChI is InChI=1S/C14H12FO/c1-11-5-7-14(8-6-11)16-10-12-3-2-4-13(15)9-12/h2-9H,1,10H2. The highest BCUT2D eigenvalue weighted by atomic mass is 19.1. The predicted molar refractivity (Wildman–Crippen MR) is 61.6 cm³/mol. The Morgan fingerprint density at radius 3 is 2.50 bits per heavy atom. The third-order valence-electron chi connectivity index (χ3n) is 2.22. The lowest BCUT2D eigenvalue weighted by atomic mass is 10.2. The van der Waals surface area contributed by atoms with Crippen molar-refractivity contribution >= 4 is 0 Å². The van der Waals surface area contributed by atoms with Crippen LogP contribution in [-0.4, -0.2) is 0 Å². The summed E-state index contributed by atoms with van der Waals surface area (Å²) in [6.45, 7) is 4.16. The lowest BCUT2D eigenvalue weighted by Gasteiger charge is -2.06. The Morgan fingerprint density at radius 1 is 1.06 bits per heavy atom. The van der Waals surface area contributed by atoms with E-state index >= 15 is 0 Å². The van der Waals surface area contributed by atoms with Gasteiger partial charge in [-0.1, -0.05) is 24.3 Å². The Kier molecular flexibility index (Phi) is 3.20. The van der Waals surface area contributed by atoms with Crippen molar-refractivity contribution in [3.8, 4) is 5.75 Å². The van der Waals surface area contributed by atoms with E-state index in [1.165, 1.54) is 12.1 Å². The SMILES string of the molecule is [CH2]c1ccc(OCc2cccc(F)c2)cc1. The zero-order valence-electron chi connectivity index (χ0n) is 8.82. The van der Waals surface area contributed by atoms with E-state index in [1.807, 2.05) is 30.3 Å². The molecular weight excluding hydrogens is 203 g/mol. The van der Waals surface area contributed by atoms with E-state index in [1.54, 1.807) is 6.07 Å². The summed E-state index contributed by atoms with van der Waals surface area (Å²) >= 11 is 0. The minimum Gasteiger partial charge on any atom is -0.489 e. The normalized spacial score (nSPS) is 10.1. The summed E-state index contributed by atoms with van der Waals surface area (Å²) in [6.07, 6.45) is 0. The quantitative estimate of drug-likeness (QED) is 0.760. The molecule has 0 heterocycles. The van der Waals surface area contributed by atoms with Gasteiger partial charge in [0.25, 0.3) is 0 Å². The fraction of sp³-hybridized carbons (Fsp3) is 0.0714. The van der Waals surface area contributed by atoms with E-state index in [9.17, 15) is 4.39 Å². The van der Waals surface area contributed by atoms with Gasteiger partial charge in [-0.25, -0.2) is 4.39 Å². The number of benzene rings is 2. The minimum absolute atomic E-state index is 0.241. The number of hydrogen-bond acceptors (Lipinski definition) is 1. The topological polar surface area (TPSA) is 9.23 Å². The predicted octanol–water partition coefficient (Wildman–Crippen LogP) is 3.59. The molecule has 0 saturated carbocycles.